The Morgan fingerprint density at radius 3 is 2.79 bits per heavy atom. The van der Waals surface area contributed by atoms with Crippen LogP contribution in [0.4, 0.5) is 5.82 Å². The molecule has 1 atom stereocenters. The number of pyridine rings is 1. The predicted molar refractivity (Wildman–Crippen MR) is 141 cm³/mol. The first-order valence-corrected chi connectivity index (χ1v) is 13.2. The van der Waals surface area contributed by atoms with Crippen molar-refractivity contribution in [3.63, 3.8) is 0 Å². The number of fused-ring (bicyclic) bond motifs is 1. The zero-order valence-corrected chi connectivity index (χ0v) is 22.0. The third kappa shape index (κ3) is 4.42. The van der Waals surface area contributed by atoms with Gasteiger partial charge in [-0.05, 0) is 43.4 Å². The normalized spacial score (nSPS) is 20.0. The number of ether oxygens (including phenoxy) is 2. The molecule has 1 spiro atoms. The lowest BCUT2D eigenvalue weighted by atomic mass is 9.61. The molecule has 10 nitrogen and oxygen atoms in total. The summed E-state index contributed by atoms with van der Waals surface area (Å²) in [5.74, 6) is 1.83. The lowest BCUT2D eigenvalue weighted by molar-refractivity contribution is -0.0350. The molecular formula is C28H33N7O3. The maximum atomic E-state index is 12.1. The lowest BCUT2D eigenvalue weighted by Gasteiger charge is -2.58. The number of anilines is 1. The fraction of sp³-hybridized carbons (Fsp3) is 0.464. The molecule has 0 bridgehead atoms. The maximum absolute atomic E-state index is 12.1. The Morgan fingerprint density at radius 2 is 2.03 bits per heavy atom. The first-order valence-electron chi connectivity index (χ1n) is 13.2. The van der Waals surface area contributed by atoms with Crippen molar-refractivity contribution in [2.75, 3.05) is 18.0 Å². The summed E-state index contributed by atoms with van der Waals surface area (Å²) in [6.07, 6.45) is 6.37. The van der Waals surface area contributed by atoms with E-state index in [1.807, 2.05) is 38.2 Å². The topological polar surface area (TPSA) is 128 Å². The van der Waals surface area contributed by atoms with Crippen molar-refractivity contribution < 1.29 is 14.3 Å². The van der Waals surface area contributed by atoms with E-state index >= 15 is 0 Å². The summed E-state index contributed by atoms with van der Waals surface area (Å²) < 4.78 is 12.6. The molecule has 198 valence electrons. The van der Waals surface area contributed by atoms with E-state index in [-0.39, 0.29) is 23.3 Å². The Kier molecular flexibility index (Phi) is 6.14. The van der Waals surface area contributed by atoms with E-state index in [2.05, 4.69) is 37.3 Å². The molecule has 38 heavy (non-hydrogen) atoms. The number of nitrogens with two attached hydrogens (primary N) is 1. The number of nitrogens with zero attached hydrogens (tertiary/aromatic N) is 5. The standard InChI is InChI=1S/C28H33N7O3/c1-16(2)19-5-4-6-20(25(29)36)24(19)38-27-26(32-15-33-34-27)35-13-28(14-35)10-18(11-28)37-23-7-8-30-22-9-17(3)31-12-21(22)23/h4-8,15-18,31H,9-14H2,1-3H3,(H2,29,36). The molecule has 0 radical (unpaired) electrons. The zero-order valence-electron chi connectivity index (χ0n) is 22.0. The van der Waals surface area contributed by atoms with E-state index in [0.717, 1.165) is 55.9 Å². The highest BCUT2D eigenvalue weighted by Gasteiger charge is 2.54. The van der Waals surface area contributed by atoms with Gasteiger partial charge in [0, 0.05) is 49.3 Å². The van der Waals surface area contributed by atoms with Gasteiger partial charge in [-0.15, -0.1) is 10.2 Å². The monoisotopic (exact) mass is 515 g/mol. The minimum absolute atomic E-state index is 0.127. The van der Waals surface area contributed by atoms with E-state index in [1.54, 1.807) is 6.07 Å². The fourth-order valence-corrected chi connectivity index (χ4v) is 5.93. The number of hydrogen-bond acceptors (Lipinski definition) is 9. The first-order chi connectivity index (χ1) is 18.3. The lowest BCUT2D eigenvalue weighted by Crippen LogP contribution is -2.65. The Bertz CT molecular complexity index is 1360. The molecule has 1 saturated heterocycles. The average molecular weight is 516 g/mol. The molecule has 1 aliphatic carbocycles. The van der Waals surface area contributed by atoms with E-state index in [1.165, 1.54) is 11.9 Å². The highest BCUT2D eigenvalue weighted by atomic mass is 16.5. The third-order valence-corrected chi connectivity index (χ3v) is 7.90. The van der Waals surface area contributed by atoms with Gasteiger partial charge in [0.25, 0.3) is 11.8 Å². The van der Waals surface area contributed by atoms with E-state index < -0.39 is 5.91 Å². The van der Waals surface area contributed by atoms with Crippen molar-refractivity contribution in [3.8, 4) is 17.4 Å². The molecule has 1 unspecified atom stereocenters. The predicted octanol–water partition coefficient (Wildman–Crippen LogP) is 3.36. The summed E-state index contributed by atoms with van der Waals surface area (Å²) in [6.45, 7) is 8.73. The van der Waals surface area contributed by atoms with Crippen LogP contribution in [0.3, 0.4) is 0 Å². The number of para-hydroxylation sites is 1. The number of carbonyl (C=O) groups is 1. The van der Waals surface area contributed by atoms with Crippen molar-refractivity contribution in [1.29, 1.82) is 0 Å². The molecular weight excluding hydrogens is 482 g/mol. The zero-order chi connectivity index (χ0) is 26.4. The third-order valence-electron chi connectivity index (χ3n) is 7.90. The molecule has 2 aromatic heterocycles. The molecule has 6 rings (SSSR count). The SMILES string of the molecule is CC1Cc2nccc(OC3CC4(C3)CN(c3ncnnc3Oc3c(C(N)=O)cccc3C(C)C)C4)c2CN1. The van der Waals surface area contributed by atoms with Crippen LogP contribution >= 0.6 is 0 Å². The van der Waals surface area contributed by atoms with Crippen LogP contribution in [-0.4, -0.2) is 51.3 Å². The number of rotatable bonds is 7. The van der Waals surface area contributed by atoms with Crippen LogP contribution in [0.15, 0.2) is 36.8 Å². The molecule has 3 aromatic rings. The van der Waals surface area contributed by atoms with Crippen molar-refractivity contribution in [2.24, 2.45) is 11.1 Å². The van der Waals surface area contributed by atoms with Crippen molar-refractivity contribution in [1.82, 2.24) is 25.5 Å². The molecule has 2 aliphatic heterocycles. The van der Waals surface area contributed by atoms with Gasteiger partial charge in [-0.1, -0.05) is 26.0 Å². The van der Waals surface area contributed by atoms with Gasteiger partial charge in [0.2, 0.25) is 0 Å². The van der Waals surface area contributed by atoms with E-state index in [0.29, 0.717) is 23.2 Å². The molecule has 1 saturated carbocycles. The first kappa shape index (κ1) is 24.5. The Hall–Kier alpha value is -3.79. The number of primary amides is 1. The van der Waals surface area contributed by atoms with Gasteiger partial charge >= 0.3 is 0 Å². The Morgan fingerprint density at radius 1 is 1.21 bits per heavy atom. The molecule has 3 N–H and O–H groups in total. The highest BCUT2D eigenvalue weighted by Crippen LogP contribution is 2.52. The van der Waals surface area contributed by atoms with Crippen LogP contribution in [0.5, 0.6) is 17.4 Å². The molecule has 4 heterocycles. The van der Waals surface area contributed by atoms with Crippen molar-refractivity contribution in [2.45, 2.75) is 64.6 Å². The van der Waals surface area contributed by atoms with Crippen LogP contribution in [0, 0.1) is 5.41 Å². The van der Waals surface area contributed by atoms with Crippen LogP contribution in [0.1, 0.15) is 66.7 Å². The number of benzene rings is 1. The summed E-state index contributed by atoms with van der Waals surface area (Å²) >= 11 is 0. The summed E-state index contributed by atoms with van der Waals surface area (Å²) in [6, 6.07) is 7.83. The summed E-state index contributed by atoms with van der Waals surface area (Å²) in [5.41, 5.74) is 9.36. The van der Waals surface area contributed by atoms with Gasteiger partial charge in [0.05, 0.1) is 11.3 Å². The second-order valence-corrected chi connectivity index (χ2v) is 11.2. The van der Waals surface area contributed by atoms with Crippen LogP contribution in [0.2, 0.25) is 0 Å². The van der Waals surface area contributed by atoms with Gasteiger partial charge in [-0.3, -0.25) is 9.78 Å². The van der Waals surface area contributed by atoms with Crippen molar-refractivity contribution in [3.05, 3.63) is 59.2 Å². The smallest absolute Gasteiger partial charge is 0.282 e. The van der Waals surface area contributed by atoms with E-state index in [4.69, 9.17) is 15.2 Å². The quantitative estimate of drug-likeness (QED) is 0.487. The van der Waals surface area contributed by atoms with Gasteiger partial charge in [0.15, 0.2) is 5.82 Å². The van der Waals surface area contributed by atoms with Gasteiger partial charge in [-0.2, -0.15) is 0 Å². The molecule has 3 aliphatic rings. The van der Waals surface area contributed by atoms with Crippen LogP contribution < -0.4 is 25.4 Å². The largest absolute Gasteiger partial charge is 0.490 e. The molecule has 1 amide bonds. The molecule has 1 aromatic carbocycles. The van der Waals surface area contributed by atoms with Crippen molar-refractivity contribution >= 4 is 11.7 Å². The van der Waals surface area contributed by atoms with Gasteiger partial charge < -0.3 is 25.4 Å². The number of amides is 1. The fourth-order valence-electron chi connectivity index (χ4n) is 5.93. The minimum Gasteiger partial charge on any atom is -0.490 e. The minimum atomic E-state index is -0.551. The molecule has 2 fully saturated rings. The number of nitrogens with one attached hydrogen (secondary N) is 1. The maximum Gasteiger partial charge on any atom is 0.282 e. The second-order valence-electron chi connectivity index (χ2n) is 11.2. The number of aromatic nitrogens is 4. The summed E-state index contributed by atoms with van der Waals surface area (Å²) in [4.78, 5) is 23.3. The Balaban J connectivity index is 1.13. The highest BCUT2D eigenvalue weighted by molar-refractivity contribution is 5.96. The summed E-state index contributed by atoms with van der Waals surface area (Å²) in [5, 5.41) is 11.7. The Labute approximate surface area is 222 Å². The van der Waals surface area contributed by atoms with Gasteiger partial charge in [-0.25, -0.2) is 4.98 Å². The second kappa shape index (κ2) is 9.50. The van der Waals surface area contributed by atoms with Crippen LogP contribution in [-0.2, 0) is 13.0 Å². The average Bonchev–Trinajstić information content (AvgIpc) is 2.85. The number of carbonyl (C=O) groups excluding carboxylic acids is 1. The van der Waals surface area contributed by atoms with Crippen LogP contribution in [0.25, 0.3) is 0 Å². The molecule has 10 heteroatoms. The number of hydrogen-bond donors (Lipinski definition) is 2. The van der Waals surface area contributed by atoms with Gasteiger partial charge in [0.1, 0.15) is 23.9 Å². The van der Waals surface area contributed by atoms with E-state index in [9.17, 15) is 4.79 Å². The summed E-state index contributed by atoms with van der Waals surface area (Å²) in [7, 11) is 0.